The first kappa shape index (κ1) is 18.7. The third-order valence-electron chi connectivity index (χ3n) is 6.64. The minimum atomic E-state index is -0.576. The minimum Gasteiger partial charge on any atom is -0.399 e. The molecule has 142 valence electrons. The van der Waals surface area contributed by atoms with E-state index in [0.29, 0.717) is 17.6 Å². The summed E-state index contributed by atoms with van der Waals surface area (Å²) in [5.41, 5.74) is 13.3. The second-order valence-corrected chi connectivity index (χ2v) is 8.32. The van der Waals surface area contributed by atoms with Crippen molar-refractivity contribution in [1.82, 2.24) is 10.2 Å². The lowest BCUT2D eigenvalue weighted by atomic mass is 9.76. The standard InChI is InChI=1S/C20H36N4O/c1-3-15-25-17-6-10-19(2,11-7-17)24-13-8-16(9-14-24)20(22)18(21)5-4-12-23-20/h4-5,12,16-17,23H,3,6-11,13-15,21-22H2,1-2H3. The lowest BCUT2D eigenvalue weighted by Gasteiger charge is -2.51. The summed E-state index contributed by atoms with van der Waals surface area (Å²) < 4.78 is 5.96. The molecular weight excluding hydrogens is 312 g/mol. The fraction of sp³-hybridized carbons (Fsp3) is 0.800. The zero-order valence-corrected chi connectivity index (χ0v) is 16.0. The first-order chi connectivity index (χ1) is 12.0. The van der Waals surface area contributed by atoms with Gasteiger partial charge in [0.05, 0.1) is 6.10 Å². The summed E-state index contributed by atoms with van der Waals surface area (Å²) in [7, 11) is 0. The van der Waals surface area contributed by atoms with Crippen LogP contribution in [0.2, 0.25) is 0 Å². The molecule has 0 bridgehead atoms. The summed E-state index contributed by atoms with van der Waals surface area (Å²) >= 11 is 0. The van der Waals surface area contributed by atoms with Gasteiger partial charge < -0.3 is 21.5 Å². The Morgan fingerprint density at radius 3 is 2.52 bits per heavy atom. The summed E-state index contributed by atoms with van der Waals surface area (Å²) in [6, 6.07) is 0. The van der Waals surface area contributed by atoms with Crippen molar-refractivity contribution in [2.75, 3.05) is 19.7 Å². The lowest BCUT2D eigenvalue weighted by Crippen LogP contribution is -2.64. The molecule has 1 saturated heterocycles. The van der Waals surface area contributed by atoms with E-state index >= 15 is 0 Å². The van der Waals surface area contributed by atoms with Gasteiger partial charge in [-0.25, -0.2) is 0 Å². The van der Waals surface area contributed by atoms with E-state index in [0.717, 1.165) is 44.7 Å². The maximum absolute atomic E-state index is 6.61. The molecule has 1 aliphatic carbocycles. The number of hydrogen-bond donors (Lipinski definition) is 3. The van der Waals surface area contributed by atoms with E-state index < -0.39 is 5.66 Å². The number of nitrogens with one attached hydrogen (secondary N) is 1. The molecule has 0 aromatic rings. The van der Waals surface area contributed by atoms with Crippen LogP contribution in [-0.4, -0.2) is 41.9 Å². The number of nitrogens with two attached hydrogens (primary N) is 2. The summed E-state index contributed by atoms with van der Waals surface area (Å²) in [5.74, 6) is 0.387. The highest BCUT2D eigenvalue weighted by Gasteiger charge is 2.43. The number of allylic oxidation sites excluding steroid dienone is 2. The SMILES string of the molecule is CCCOC1CCC(C)(N2CCC(C3(N)NC=CC=C3N)CC2)CC1. The topological polar surface area (TPSA) is 76.5 Å². The summed E-state index contributed by atoms with van der Waals surface area (Å²) in [4.78, 5) is 2.70. The maximum Gasteiger partial charge on any atom is 0.129 e. The van der Waals surface area contributed by atoms with Crippen LogP contribution in [0.15, 0.2) is 24.0 Å². The predicted molar refractivity (Wildman–Crippen MR) is 103 cm³/mol. The fourth-order valence-electron chi connectivity index (χ4n) is 4.77. The zero-order valence-electron chi connectivity index (χ0n) is 16.0. The van der Waals surface area contributed by atoms with Crippen molar-refractivity contribution in [3.05, 3.63) is 24.0 Å². The molecule has 1 saturated carbocycles. The Hall–Kier alpha value is -1.04. The lowest BCUT2D eigenvalue weighted by molar-refractivity contribution is -0.0348. The van der Waals surface area contributed by atoms with E-state index in [9.17, 15) is 0 Å². The highest BCUT2D eigenvalue weighted by atomic mass is 16.5. The van der Waals surface area contributed by atoms with Gasteiger partial charge in [-0.05, 0) is 83.3 Å². The highest BCUT2D eigenvalue weighted by Crippen LogP contribution is 2.39. The molecule has 0 amide bonds. The van der Waals surface area contributed by atoms with Gasteiger partial charge >= 0.3 is 0 Å². The van der Waals surface area contributed by atoms with Crippen molar-refractivity contribution in [1.29, 1.82) is 0 Å². The van der Waals surface area contributed by atoms with E-state index in [2.05, 4.69) is 24.1 Å². The molecule has 5 N–H and O–H groups in total. The van der Waals surface area contributed by atoms with Gasteiger partial charge in [0.25, 0.3) is 0 Å². The summed E-state index contributed by atoms with van der Waals surface area (Å²) in [6.45, 7) is 7.75. The van der Waals surface area contributed by atoms with E-state index in [1.807, 2.05) is 18.4 Å². The van der Waals surface area contributed by atoms with Crippen molar-refractivity contribution in [3.8, 4) is 0 Å². The van der Waals surface area contributed by atoms with Crippen LogP contribution in [0, 0.1) is 5.92 Å². The zero-order chi connectivity index (χ0) is 17.9. The largest absolute Gasteiger partial charge is 0.399 e. The normalized spacial score (nSPS) is 37.6. The van der Waals surface area contributed by atoms with Gasteiger partial charge in [-0.1, -0.05) is 6.92 Å². The van der Waals surface area contributed by atoms with Crippen LogP contribution in [-0.2, 0) is 4.74 Å². The quantitative estimate of drug-likeness (QED) is 0.711. The Labute approximate surface area is 152 Å². The molecule has 2 fully saturated rings. The predicted octanol–water partition coefficient (Wildman–Crippen LogP) is 2.44. The highest BCUT2D eigenvalue weighted by molar-refractivity contribution is 5.27. The summed E-state index contributed by atoms with van der Waals surface area (Å²) in [5, 5.41) is 3.31. The number of hydrogen-bond acceptors (Lipinski definition) is 5. The second kappa shape index (κ2) is 7.68. The van der Waals surface area contributed by atoms with Gasteiger partial charge in [-0.3, -0.25) is 4.90 Å². The van der Waals surface area contributed by atoms with Crippen LogP contribution >= 0.6 is 0 Å². The number of ether oxygens (including phenoxy) is 1. The van der Waals surface area contributed by atoms with E-state index in [1.54, 1.807) is 0 Å². The number of rotatable bonds is 5. The van der Waals surface area contributed by atoms with E-state index in [4.69, 9.17) is 16.2 Å². The van der Waals surface area contributed by atoms with Crippen LogP contribution in [0.25, 0.3) is 0 Å². The Bertz CT molecular complexity index is 502. The third-order valence-corrected chi connectivity index (χ3v) is 6.64. The van der Waals surface area contributed by atoms with Crippen LogP contribution in [0.4, 0.5) is 0 Å². The molecule has 1 unspecified atom stereocenters. The summed E-state index contributed by atoms with van der Waals surface area (Å²) in [6.07, 6.45) is 14.4. The molecule has 1 atom stereocenters. The van der Waals surface area contributed by atoms with Crippen LogP contribution < -0.4 is 16.8 Å². The first-order valence-corrected chi connectivity index (χ1v) is 10.0. The number of piperidine rings is 1. The van der Waals surface area contributed by atoms with E-state index in [-0.39, 0.29) is 0 Å². The van der Waals surface area contributed by atoms with Gasteiger partial charge in [-0.2, -0.15) is 0 Å². The van der Waals surface area contributed by atoms with Crippen molar-refractivity contribution in [2.45, 2.75) is 76.1 Å². The van der Waals surface area contributed by atoms with Crippen molar-refractivity contribution in [3.63, 3.8) is 0 Å². The van der Waals surface area contributed by atoms with Gasteiger partial charge in [0.1, 0.15) is 5.66 Å². The van der Waals surface area contributed by atoms with Gasteiger partial charge in [0.2, 0.25) is 0 Å². The molecule has 0 spiro atoms. The molecule has 0 aromatic heterocycles. The van der Waals surface area contributed by atoms with Crippen LogP contribution in [0.5, 0.6) is 0 Å². The number of likely N-dealkylation sites (tertiary alicyclic amines) is 1. The minimum absolute atomic E-state index is 0.320. The number of dihydropyridines is 1. The van der Waals surface area contributed by atoms with Gasteiger partial charge in [0.15, 0.2) is 0 Å². The molecule has 0 radical (unpaired) electrons. The van der Waals surface area contributed by atoms with Crippen molar-refractivity contribution < 1.29 is 4.74 Å². The molecule has 3 aliphatic rings. The van der Waals surface area contributed by atoms with Crippen molar-refractivity contribution in [2.24, 2.45) is 17.4 Å². The smallest absolute Gasteiger partial charge is 0.129 e. The number of nitrogens with zero attached hydrogens (tertiary/aromatic N) is 1. The van der Waals surface area contributed by atoms with Crippen LogP contribution in [0.3, 0.4) is 0 Å². The molecule has 25 heavy (non-hydrogen) atoms. The molecule has 5 heteroatoms. The van der Waals surface area contributed by atoms with Gasteiger partial charge in [-0.15, -0.1) is 0 Å². The molecule has 2 heterocycles. The van der Waals surface area contributed by atoms with Crippen molar-refractivity contribution >= 4 is 0 Å². The Kier molecular flexibility index (Phi) is 5.76. The Morgan fingerprint density at radius 1 is 1.24 bits per heavy atom. The molecule has 5 nitrogen and oxygen atoms in total. The molecule has 3 rings (SSSR count). The average molecular weight is 349 g/mol. The molecule has 0 aromatic carbocycles. The fourth-order valence-corrected chi connectivity index (χ4v) is 4.77. The maximum atomic E-state index is 6.61. The Morgan fingerprint density at radius 2 is 1.92 bits per heavy atom. The molecule has 2 aliphatic heterocycles. The first-order valence-electron chi connectivity index (χ1n) is 10.0. The third kappa shape index (κ3) is 3.88. The average Bonchev–Trinajstić information content (AvgIpc) is 2.64. The molecular formula is C20H36N4O. The Balaban J connectivity index is 1.52. The van der Waals surface area contributed by atoms with Gasteiger partial charge in [0, 0.05) is 23.8 Å². The second-order valence-electron chi connectivity index (χ2n) is 8.32. The monoisotopic (exact) mass is 348 g/mol. The van der Waals surface area contributed by atoms with E-state index in [1.165, 1.54) is 25.7 Å². The van der Waals surface area contributed by atoms with Crippen LogP contribution in [0.1, 0.15) is 58.8 Å².